The van der Waals surface area contributed by atoms with Crippen molar-refractivity contribution in [1.82, 2.24) is 0 Å². The molecule has 0 spiro atoms. The summed E-state index contributed by atoms with van der Waals surface area (Å²) in [5.74, 6) is 0.879. The summed E-state index contributed by atoms with van der Waals surface area (Å²) < 4.78 is 11.3. The molecule has 25 heavy (non-hydrogen) atoms. The van der Waals surface area contributed by atoms with Crippen LogP contribution in [0.4, 0.5) is 0 Å². The number of allylic oxidation sites excluding steroid dienone is 2. The van der Waals surface area contributed by atoms with Crippen molar-refractivity contribution in [3.63, 3.8) is 0 Å². The molecule has 0 aromatic rings. The van der Waals surface area contributed by atoms with Crippen LogP contribution in [-0.4, -0.2) is 23.6 Å². The van der Waals surface area contributed by atoms with Crippen molar-refractivity contribution >= 4 is 11.9 Å². The summed E-state index contributed by atoms with van der Waals surface area (Å²) in [6.07, 6.45) is 12.0. The Morgan fingerprint density at radius 1 is 1.12 bits per heavy atom. The second kappa shape index (κ2) is 7.51. The molecule has 140 valence electrons. The second-order valence-corrected chi connectivity index (χ2v) is 8.75. The van der Waals surface area contributed by atoms with Gasteiger partial charge in [-0.25, -0.2) is 0 Å². The Balaban J connectivity index is 1.44. The van der Waals surface area contributed by atoms with Gasteiger partial charge in [-0.1, -0.05) is 31.4 Å². The van der Waals surface area contributed by atoms with Crippen molar-refractivity contribution in [2.24, 2.45) is 23.7 Å². The molecule has 0 radical (unpaired) electrons. The summed E-state index contributed by atoms with van der Waals surface area (Å²) in [5.41, 5.74) is -0.434. The van der Waals surface area contributed by atoms with Crippen LogP contribution in [0, 0.1) is 23.7 Å². The summed E-state index contributed by atoms with van der Waals surface area (Å²) in [6, 6.07) is 0. The van der Waals surface area contributed by atoms with Gasteiger partial charge < -0.3 is 9.47 Å². The number of hydrogen-bond donors (Lipinski definition) is 0. The van der Waals surface area contributed by atoms with Crippen LogP contribution in [0.5, 0.6) is 0 Å². The standard InChI is InChI=1S/C21H32O4/c1-14(24-20(23)18-13-15-9-10-16(18)12-15)11-19(22)25-21(2,3)17-7-5-4-6-8-17/h9-10,14-18H,4-8,11-13H2,1-3H3. The minimum Gasteiger partial charge on any atom is -0.462 e. The zero-order valence-corrected chi connectivity index (χ0v) is 15.8. The number of carbonyl (C=O) groups excluding carboxylic acids is 2. The van der Waals surface area contributed by atoms with Crippen molar-refractivity contribution in [2.45, 2.75) is 83.8 Å². The highest BCUT2D eigenvalue weighted by Gasteiger charge is 2.41. The maximum Gasteiger partial charge on any atom is 0.310 e. The van der Waals surface area contributed by atoms with Gasteiger partial charge in [0.1, 0.15) is 11.7 Å². The molecule has 4 nitrogen and oxygen atoms in total. The molecule has 2 fully saturated rings. The van der Waals surface area contributed by atoms with E-state index in [-0.39, 0.29) is 24.3 Å². The average molecular weight is 348 g/mol. The summed E-state index contributed by atoms with van der Waals surface area (Å²) in [7, 11) is 0. The van der Waals surface area contributed by atoms with E-state index in [1.807, 2.05) is 13.8 Å². The van der Waals surface area contributed by atoms with Gasteiger partial charge in [0.2, 0.25) is 0 Å². The third-order valence-corrected chi connectivity index (χ3v) is 6.32. The highest BCUT2D eigenvalue weighted by atomic mass is 16.6. The molecule has 0 aromatic heterocycles. The molecule has 2 bridgehead atoms. The van der Waals surface area contributed by atoms with E-state index in [1.165, 1.54) is 19.3 Å². The van der Waals surface area contributed by atoms with Crippen LogP contribution in [0.1, 0.15) is 72.1 Å². The van der Waals surface area contributed by atoms with Gasteiger partial charge in [0.15, 0.2) is 0 Å². The highest BCUT2D eigenvalue weighted by molar-refractivity contribution is 5.75. The number of esters is 2. The minimum absolute atomic E-state index is 0.0212. The van der Waals surface area contributed by atoms with Crippen LogP contribution < -0.4 is 0 Å². The van der Waals surface area contributed by atoms with Gasteiger partial charge in [0, 0.05) is 0 Å². The van der Waals surface area contributed by atoms with E-state index in [0.717, 1.165) is 25.7 Å². The van der Waals surface area contributed by atoms with Crippen LogP contribution in [0.3, 0.4) is 0 Å². The third-order valence-electron chi connectivity index (χ3n) is 6.32. The Morgan fingerprint density at radius 3 is 2.44 bits per heavy atom. The van der Waals surface area contributed by atoms with E-state index < -0.39 is 11.7 Å². The smallest absolute Gasteiger partial charge is 0.310 e. The van der Waals surface area contributed by atoms with Crippen LogP contribution in [0.15, 0.2) is 12.2 Å². The normalized spacial score (nSPS) is 30.3. The number of hydrogen-bond acceptors (Lipinski definition) is 4. The number of rotatable bonds is 6. The topological polar surface area (TPSA) is 52.6 Å². The van der Waals surface area contributed by atoms with Crippen LogP contribution in [0.2, 0.25) is 0 Å². The molecular weight excluding hydrogens is 316 g/mol. The Bertz CT molecular complexity index is 530. The van der Waals surface area contributed by atoms with Gasteiger partial charge in [0.05, 0.1) is 12.3 Å². The lowest BCUT2D eigenvalue weighted by Gasteiger charge is -2.36. The molecule has 3 aliphatic carbocycles. The molecule has 4 atom stereocenters. The van der Waals surface area contributed by atoms with Gasteiger partial charge in [0.25, 0.3) is 0 Å². The van der Waals surface area contributed by atoms with Gasteiger partial charge in [-0.05, 0) is 64.2 Å². The van der Waals surface area contributed by atoms with Gasteiger partial charge in [-0.3, -0.25) is 9.59 Å². The number of fused-ring (bicyclic) bond motifs is 2. The molecule has 0 heterocycles. The molecule has 4 unspecified atom stereocenters. The van der Waals surface area contributed by atoms with E-state index >= 15 is 0 Å². The zero-order chi connectivity index (χ0) is 18.0. The van der Waals surface area contributed by atoms with E-state index in [0.29, 0.717) is 17.8 Å². The fraction of sp³-hybridized carbons (Fsp3) is 0.810. The summed E-state index contributed by atoms with van der Waals surface area (Å²) in [6.45, 7) is 5.81. The first kappa shape index (κ1) is 18.5. The maximum absolute atomic E-state index is 12.4. The van der Waals surface area contributed by atoms with Gasteiger partial charge in [-0.2, -0.15) is 0 Å². The summed E-state index contributed by atoms with van der Waals surface area (Å²) in [5, 5.41) is 0. The first-order chi connectivity index (χ1) is 11.8. The van der Waals surface area contributed by atoms with Crippen molar-refractivity contribution in [3.8, 4) is 0 Å². The molecule has 2 saturated carbocycles. The van der Waals surface area contributed by atoms with Crippen LogP contribution in [-0.2, 0) is 19.1 Å². The Labute approximate surface area is 151 Å². The second-order valence-electron chi connectivity index (χ2n) is 8.75. The molecular formula is C21H32O4. The Morgan fingerprint density at radius 2 is 1.84 bits per heavy atom. The number of carbonyl (C=O) groups is 2. The van der Waals surface area contributed by atoms with Crippen molar-refractivity contribution < 1.29 is 19.1 Å². The molecule has 4 heteroatoms. The first-order valence-corrected chi connectivity index (χ1v) is 9.96. The molecule has 0 N–H and O–H groups in total. The monoisotopic (exact) mass is 348 g/mol. The molecule has 0 aliphatic heterocycles. The molecule has 0 saturated heterocycles. The predicted octanol–water partition coefficient (Wildman–Crippen LogP) is 4.42. The molecule has 3 aliphatic rings. The lowest BCUT2D eigenvalue weighted by molar-refractivity contribution is -0.168. The first-order valence-electron chi connectivity index (χ1n) is 9.96. The third kappa shape index (κ3) is 4.45. The summed E-state index contributed by atoms with van der Waals surface area (Å²) >= 11 is 0. The Hall–Kier alpha value is -1.32. The fourth-order valence-corrected chi connectivity index (χ4v) is 4.83. The number of ether oxygens (including phenoxy) is 2. The lowest BCUT2D eigenvalue weighted by atomic mass is 9.79. The molecule has 0 aromatic carbocycles. The van der Waals surface area contributed by atoms with Gasteiger partial charge >= 0.3 is 11.9 Å². The van der Waals surface area contributed by atoms with E-state index in [1.54, 1.807) is 6.92 Å². The summed E-state index contributed by atoms with van der Waals surface area (Å²) in [4.78, 5) is 24.7. The van der Waals surface area contributed by atoms with Crippen LogP contribution in [0.25, 0.3) is 0 Å². The van der Waals surface area contributed by atoms with Gasteiger partial charge in [-0.15, -0.1) is 0 Å². The van der Waals surface area contributed by atoms with E-state index in [2.05, 4.69) is 12.2 Å². The Kier molecular flexibility index (Phi) is 5.55. The lowest BCUT2D eigenvalue weighted by Crippen LogP contribution is -2.38. The highest BCUT2D eigenvalue weighted by Crippen LogP contribution is 2.44. The SMILES string of the molecule is CC(CC(=O)OC(C)(C)C1CCCCC1)OC(=O)C1CC2C=CC1C2. The van der Waals surface area contributed by atoms with E-state index in [9.17, 15) is 9.59 Å². The quantitative estimate of drug-likeness (QED) is 0.526. The fourth-order valence-electron chi connectivity index (χ4n) is 4.83. The van der Waals surface area contributed by atoms with Crippen LogP contribution >= 0.6 is 0 Å². The largest absolute Gasteiger partial charge is 0.462 e. The van der Waals surface area contributed by atoms with Crippen molar-refractivity contribution in [2.75, 3.05) is 0 Å². The minimum atomic E-state index is -0.434. The molecule has 0 amide bonds. The van der Waals surface area contributed by atoms with E-state index in [4.69, 9.17) is 9.47 Å². The maximum atomic E-state index is 12.4. The van der Waals surface area contributed by atoms with Crippen molar-refractivity contribution in [1.29, 1.82) is 0 Å². The zero-order valence-electron chi connectivity index (χ0n) is 15.8. The van der Waals surface area contributed by atoms with Crippen molar-refractivity contribution in [3.05, 3.63) is 12.2 Å². The average Bonchev–Trinajstić information content (AvgIpc) is 3.18. The molecule has 3 rings (SSSR count). The predicted molar refractivity (Wildman–Crippen MR) is 95.8 cm³/mol.